The second kappa shape index (κ2) is 27.2. The van der Waals surface area contributed by atoms with Gasteiger partial charge in [0, 0.05) is 129 Å². The molecule has 4 N–H and O–H groups in total. The number of carbonyl (C=O) groups is 6. The number of anilines is 2. The Hall–Kier alpha value is -8.88. The predicted octanol–water partition coefficient (Wildman–Crippen LogP) is 7.71. The van der Waals surface area contributed by atoms with E-state index in [1.807, 2.05) is 81.2 Å². The summed E-state index contributed by atoms with van der Waals surface area (Å²) < 4.78 is 25.2. The van der Waals surface area contributed by atoms with Crippen LogP contribution in [0.1, 0.15) is 62.8 Å². The first-order chi connectivity index (χ1) is 43.0. The normalized spacial score (nSPS) is 20.2. The highest BCUT2D eigenvalue weighted by atomic mass is 35.5. The van der Waals surface area contributed by atoms with E-state index in [2.05, 4.69) is 30.4 Å². The number of carboxylic acid groups (broad SMARTS) is 2. The number of aryl methyl sites for hydroxylation is 2. The van der Waals surface area contributed by atoms with Crippen molar-refractivity contribution in [3.8, 4) is 0 Å². The molecule has 26 heteroatoms. The molecule has 8 heterocycles. The van der Waals surface area contributed by atoms with Crippen molar-refractivity contribution in [2.75, 3.05) is 89.5 Å². The van der Waals surface area contributed by atoms with Crippen molar-refractivity contribution in [1.82, 2.24) is 40.2 Å². The van der Waals surface area contributed by atoms with Crippen molar-refractivity contribution in [3.05, 3.63) is 185 Å². The summed E-state index contributed by atoms with van der Waals surface area (Å²) in [7, 11) is 2.68. The summed E-state index contributed by atoms with van der Waals surface area (Å²) in [5.41, 5.74) is 7.16. The highest BCUT2D eigenvalue weighted by molar-refractivity contribution is 7.12. The van der Waals surface area contributed by atoms with E-state index in [1.54, 1.807) is 53.4 Å². The van der Waals surface area contributed by atoms with Crippen LogP contribution >= 0.6 is 34.3 Å². The molecule has 4 fully saturated rings. The highest BCUT2D eigenvalue weighted by Gasteiger charge is 2.44. The Kier molecular flexibility index (Phi) is 18.9. The molecular formula is C63H64ClFN12O10S2. The molecule has 4 amide bonds. The van der Waals surface area contributed by atoms with Crippen LogP contribution in [0.2, 0.25) is 5.02 Å². The average Bonchev–Trinajstić information content (AvgIpc) is 2.23. The van der Waals surface area contributed by atoms with Crippen LogP contribution in [0.15, 0.2) is 147 Å². The first kappa shape index (κ1) is 61.8. The minimum atomic E-state index is -0.848. The molecule has 4 saturated heterocycles. The van der Waals surface area contributed by atoms with E-state index in [9.17, 15) is 33.2 Å². The first-order valence-corrected chi connectivity index (χ1v) is 31.0. The van der Waals surface area contributed by atoms with Gasteiger partial charge in [-0.15, -0.1) is 22.7 Å². The van der Waals surface area contributed by atoms with Crippen molar-refractivity contribution < 1.29 is 52.8 Å². The van der Waals surface area contributed by atoms with Gasteiger partial charge >= 0.3 is 35.9 Å². The Balaban J connectivity index is 0.000000184. The molecule has 4 aromatic carbocycles. The van der Waals surface area contributed by atoms with Crippen LogP contribution in [0, 0.1) is 12.7 Å². The number of aliphatic carboxylic acids is 2. The van der Waals surface area contributed by atoms with E-state index < -0.39 is 36.0 Å². The fourth-order valence-electron chi connectivity index (χ4n) is 12.0. The van der Waals surface area contributed by atoms with Crippen LogP contribution in [-0.2, 0) is 41.5 Å². The Bertz CT molecular complexity index is 3770. The summed E-state index contributed by atoms with van der Waals surface area (Å²) in [4.78, 5) is 105. The molecule has 0 bridgehead atoms. The SMILES string of the molecule is COC(=O)C1=C(CN2CCN3C(=O)N(c4ccc(CCC(=O)O)cc4)C[C@@H]3C2)NC(c2nccs2)=N[C@H]1c1ccc(Cl)cc1.COC(=O)C1=C(CN2CCN3C(=O)N(c4ccc(CCC(=O)O)cc4)C[C@@H]3C2)NC(c2nccs2)=N[C@H]1c1cccc(F)c1C. The minimum Gasteiger partial charge on any atom is -0.481 e. The van der Waals surface area contributed by atoms with E-state index >= 15 is 0 Å². The van der Waals surface area contributed by atoms with Gasteiger partial charge in [-0.25, -0.2) is 33.5 Å². The van der Waals surface area contributed by atoms with E-state index in [0.29, 0.717) is 139 Å². The average molecular weight is 1270 g/mol. The fraction of sp³-hybridized carbons (Fsp3) is 0.333. The van der Waals surface area contributed by atoms with Crippen LogP contribution in [0.5, 0.6) is 0 Å². The Morgan fingerprint density at radius 3 is 1.53 bits per heavy atom. The topological polar surface area (TPSA) is 255 Å². The number of amides is 4. The minimum absolute atomic E-state index is 0.0344. The lowest BCUT2D eigenvalue weighted by Gasteiger charge is -2.38. The van der Waals surface area contributed by atoms with E-state index in [0.717, 1.165) is 28.1 Å². The monoisotopic (exact) mass is 1270 g/mol. The standard InChI is InChI=1S/C32H33FN6O5S.C31H31ClN6O5S/c1-19-23(4-3-5-24(19)33)28-27(31(42)44-2)25(35-29(36-28)30-34-12-15-45-30)18-37-13-14-38-22(16-37)17-39(32(38)43)21-9-6-20(7-10-21)8-11-26(40)41;1-43-30(41)26-24(34-28(29-33-12-15-44-29)35-27(26)20-5-7-21(32)8-6-20)18-36-13-14-37-23(16-36)17-38(31(37)42)22-9-2-19(3-10-22)4-11-25(39)40/h3-7,9-10,12,15,22,28H,8,11,13-14,16-18H2,1-2H3,(H,35,36)(H,40,41);2-3,5-10,12,15,23,27H,4,11,13-14,16-18H2,1H3,(H,34,35)(H,39,40)/t22-,28-;23-,27-/m00/s1. The van der Waals surface area contributed by atoms with Crippen molar-refractivity contribution in [2.24, 2.45) is 9.98 Å². The van der Waals surface area contributed by atoms with Gasteiger partial charge in [-0.2, -0.15) is 0 Å². The van der Waals surface area contributed by atoms with Crippen molar-refractivity contribution in [3.63, 3.8) is 0 Å². The van der Waals surface area contributed by atoms with Gasteiger partial charge in [-0.3, -0.25) is 39.2 Å². The van der Waals surface area contributed by atoms with Gasteiger partial charge in [0.25, 0.3) is 0 Å². The lowest BCUT2D eigenvalue weighted by molar-refractivity contribution is -0.138. The molecule has 0 spiro atoms. The number of nitrogens with zero attached hydrogens (tertiary/aromatic N) is 10. The number of carbonyl (C=O) groups excluding carboxylic acids is 4. The summed E-state index contributed by atoms with van der Waals surface area (Å²) in [6.07, 6.45) is 4.38. The quantitative estimate of drug-likeness (QED) is 0.0601. The number of ether oxygens (including phenoxy) is 2. The number of carboxylic acids is 2. The van der Waals surface area contributed by atoms with E-state index in [1.165, 1.54) is 43.0 Å². The molecule has 22 nitrogen and oxygen atoms in total. The summed E-state index contributed by atoms with van der Waals surface area (Å²) in [6, 6.07) is 25.4. The molecule has 4 atom stereocenters. The summed E-state index contributed by atoms with van der Waals surface area (Å²) in [5, 5.41) is 30.3. The number of methoxy groups -OCH3 is 2. The zero-order valence-corrected chi connectivity index (χ0v) is 51.3. The molecule has 462 valence electrons. The number of rotatable bonds is 18. The fourth-order valence-corrected chi connectivity index (χ4v) is 13.3. The Morgan fingerprint density at radius 2 is 1.09 bits per heavy atom. The first-order valence-electron chi connectivity index (χ1n) is 28.9. The maximum Gasteiger partial charge on any atom is 0.338 e. The van der Waals surface area contributed by atoms with E-state index in [-0.39, 0.29) is 42.8 Å². The molecule has 2 aromatic heterocycles. The second-order valence-electron chi connectivity index (χ2n) is 22.0. The summed E-state index contributed by atoms with van der Waals surface area (Å²) in [5.74, 6) is -2.02. The number of benzene rings is 4. The number of piperazine rings is 2. The maximum absolute atomic E-state index is 14.7. The van der Waals surface area contributed by atoms with Crippen molar-refractivity contribution in [2.45, 2.75) is 56.8 Å². The van der Waals surface area contributed by atoms with Crippen molar-refractivity contribution >= 4 is 93.3 Å². The number of amidine groups is 2. The molecule has 0 saturated carbocycles. The molecule has 0 unspecified atom stereocenters. The van der Waals surface area contributed by atoms with Gasteiger partial charge in [-0.1, -0.05) is 60.1 Å². The third kappa shape index (κ3) is 13.7. The van der Waals surface area contributed by atoms with E-state index in [4.69, 9.17) is 41.3 Å². The largest absolute Gasteiger partial charge is 0.481 e. The number of esters is 2. The van der Waals surface area contributed by atoms with Crippen LogP contribution < -0.4 is 20.4 Å². The number of hydrogen-bond acceptors (Lipinski definition) is 18. The number of urea groups is 2. The number of aliphatic imine (C=N–C) groups is 2. The zero-order chi connectivity index (χ0) is 62.5. The molecule has 6 aliphatic rings. The molecular weight excluding hydrogens is 1200 g/mol. The number of nitrogens with one attached hydrogen (secondary N) is 2. The molecule has 12 rings (SSSR count). The molecule has 0 radical (unpaired) electrons. The van der Waals surface area contributed by atoms with Gasteiger partial charge in [0.15, 0.2) is 21.7 Å². The third-order valence-corrected chi connectivity index (χ3v) is 18.3. The number of aromatic nitrogens is 2. The van der Waals surface area contributed by atoms with Gasteiger partial charge in [0.05, 0.1) is 37.4 Å². The number of hydrogen-bond donors (Lipinski definition) is 4. The van der Waals surface area contributed by atoms with Crippen molar-refractivity contribution in [1.29, 1.82) is 0 Å². The Labute approximate surface area is 525 Å². The highest BCUT2D eigenvalue weighted by Crippen LogP contribution is 2.38. The lowest BCUT2D eigenvalue weighted by Crippen LogP contribution is -2.53. The van der Waals surface area contributed by atoms with Gasteiger partial charge in [-0.05, 0) is 90.0 Å². The Morgan fingerprint density at radius 1 is 0.629 bits per heavy atom. The summed E-state index contributed by atoms with van der Waals surface area (Å²) in [6.45, 7) is 6.94. The van der Waals surface area contributed by atoms with Crippen LogP contribution in [0.4, 0.5) is 25.4 Å². The lowest BCUT2D eigenvalue weighted by atomic mass is 9.92. The van der Waals surface area contributed by atoms with Crippen LogP contribution in [0.3, 0.4) is 0 Å². The second-order valence-corrected chi connectivity index (χ2v) is 24.3. The predicted molar refractivity (Wildman–Crippen MR) is 334 cm³/mol. The van der Waals surface area contributed by atoms with Gasteiger partial charge in [0.2, 0.25) is 0 Å². The third-order valence-electron chi connectivity index (χ3n) is 16.5. The maximum atomic E-state index is 14.7. The molecule has 6 aromatic rings. The zero-order valence-electron chi connectivity index (χ0n) is 48.9. The van der Waals surface area contributed by atoms with Crippen LogP contribution in [-0.4, -0.2) is 179 Å². The summed E-state index contributed by atoms with van der Waals surface area (Å²) >= 11 is 9.02. The molecule has 89 heavy (non-hydrogen) atoms. The molecule has 0 aliphatic carbocycles. The van der Waals surface area contributed by atoms with Crippen LogP contribution in [0.25, 0.3) is 0 Å². The number of fused-ring (bicyclic) bond motifs is 2. The van der Waals surface area contributed by atoms with Gasteiger partial charge < -0.3 is 40.1 Å². The number of thiazole rings is 2. The number of halogens is 2. The molecule has 6 aliphatic heterocycles. The smallest absolute Gasteiger partial charge is 0.338 e. The van der Waals surface area contributed by atoms with Gasteiger partial charge in [0.1, 0.15) is 17.9 Å².